The highest BCUT2D eigenvalue weighted by atomic mass is 16.2. The van der Waals surface area contributed by atoms with Crippen LogP contribution in [0.25, 0.3) is 11.1 Å². The van der Waals surface area contributed by atoms with Crippen LogP contribution in [0.4, 0.5) is 0 Å². The Morgan fingerprint density at radius 3 is 2.87 bits per heavy atom. The maximum atomic E-state index is 12.8. The van der Waals surface area contributed by atoms with Crippen molar-refractivity contribution < 1.29 is 4.79 Å². The van der Waals surface area contributed by atoms with Crippen molar-refractivity contribution in [2.24, 2.45) is 5.92 Å². The van der Waals surface area contributed by atoms with Crippen molar-refractivity contribution in [3.63, 3.8) is 0 Å². The summed E-state index contributed by atoms with van der Waals surface area (Å²) in [7, 11) is 0. The molecule has 1 saturated heterocycles. The molecule has 2 aliphatic rings. The van der Waals surface area contributed by atoms with Crippen molar-refractivity contribution in [1.29, 1.82) is 0 Å². The molecule has 0 aliphatic carbocycles. The molecule has 8 nitrogen and oxygen atoms in total. The molecule has 0 aromatic carbocycles. The molecule has 3 aromatic rings. The Morgan fingerprint density at radius 2 is 2.07 bits per heavy atom. The first kappa shape index (κ1) is 18.7. The van der Waals surface area contributed by atoms with Crippen molar-refractivity contribution in [1.82, 2.24) is 29.2 Å². The molecule has 5 rings (SSSR count). The van der Waals surface area contributed by atoms with Crippen LogP contribution in [0.1, 0.15) is 30.9 Å². The van der Waals surface area contributed by atoms with Gasteiger partial charge < -0.3 is 9.47 Å². The predicted molar refractivity (Wildman–Crippen MR) is 111 cm³/mol. The predicted octanol–water partition coefficient (Wildman–Crippen LogP) is 1.93. The van der Waals surface area contributed by atoms with E-state index in [2.05, 4.69) is 21.1 Å². The van der Waals surface area contributed by atoms with Crippen molar-refractivity contribution in [3.8, 4) is 11.1 Å². The van der Waals surface area contributed by atoms with E-state index in [0.29, 0.717) is 32.0 Å². The fraction of sp³-hybridized carbons (Fsp3) is 0.409. The molecule has 0 saturated carbocycles. The molecule has 0 N–H and O–H groups in total. The summed E-state index contributed by atoms with van der Waals surface area (Å²) in [5.41, 5.74) is 2.91. The average Bonchev–Trinajstić information content (AvgIpc) is 3.28. The van der Waals surface area contributed by atoms with Gasteiger partial charge in [-0.05, 0) is 36.5 Å². The molecule has 154 valence electrons. The van der Waals surface area contributed by atoms with Crippen molar-refractivity contribution >= 4 is 5.91 Å². The second-order valence-electron chi connectivity index (χ2n) is 8.22. The minimum Gasteiger partial charge on any atom is -0.342 e. The van der Waals surface area contributed by atoms with Gasteiger partial charge in [-0.15, -0.1) is 0 Å². The molecule has 1 amide bonds. The van der Waals surface area contributed by atoms with E-state index in [1.807, 2.05) is 21.6 Å². The minimum atomic E-state index is 0.0358. The summed E-state index contributed by atoms with van der Waals surface area (Å²) in [6, 6.07) is 7.66. The molecule has 5 heterocycles. The fourth-order valence-corrected chi connectivity index (χ4v) is 4.76. The standard InChI is InChI=1S/C22H24N6O2/c29-21(4-2-6-27-15-24-14-25-27)26-11-16-7-19(13-26)20-8-18(9-22(30)28(20)12-16)17-3-1-5-23-10-17/h1,3,5,8-10,14-16,19H,2,4,6-7,11-13H2/t16-,19+/m0/s1. The Balaban J connectivity index is 1.33. The van der Waals surface area contributed by atoms with E-state index in [4.69, 9.17) is 0 Å². The van der Waals surface area contributed by atoms with E-state index in [1.54, 1.807) is 29.5 Å². The van der Waals surface area contributed by atoms with Gasteiger partial charge in [0.25, 0.3) is 5.56 Å². The number of aryl methyl sites for hydroxylation is 1. The van der Waals surface area contributed by atoms with E-state index in [1.165, 1.54) is 6.33 Å². The van der Waals surface area contributed by atoms with E-state index in [9.17, 15) is 9.59 Å². The third-order valence-electron chi connectivity index (χ3n) is 6.15. The number of fused-ring (bicyclic) bond motifs is 4. The zero-order valence-corrected chi connectivity index (χ0v) is 16.7. The van der Waals surface area contributed by atoms with Crippen LogP contribution in [0, 0.1) is 5.92 Å². The highest BCUT2D eigenvalue weighted by molar-refractivity contribution is 5.76. The highest BCUT2D eigenvalue weighted by Crippen LogP contribution is 2.36. The lowest BCUT2D eigenvalue weighted by atomic mass is 9.82. The average molecular weight is 404 g/mol. The number of hydrogen-bond donors (Lipinski definition) is 0. The quantitative estimate of drug-likeness (QED) is 0.649. The summed E-state index contributed by atoms with van der Waals surface area (Å²) in [4.78, 5) is 35.7. The molecule has 0 unspecified atom stereocenters. The lowest BCUT2D eigenvalue weighted by Crippen LogP contribution is -2.49. The second-order valence-corrected chi connectivity index (χ2v) is 8.22. The number of rotatable bonds is 5. The van der Waals surface area contributed by atoms with Crippen LogP contribution in [-0.2, 0) is 17.9 Å². The van der Waals surface area contributed by atoms with Crippen LogP contribution in [0.5, 0.6) is 0 Å². The SMILES string of the molecule is O=C(CCCn1cncn1)N1C[C@@H]2C[C@H](C1)c1cc(-c3cccnc3)cc(=O)n1C2. The summed E-state index contributed by atoms with van der Waals surface area (Å²) >= 11 is 0. The Hall–Kier alpha value is -3.29. The molecule has 3 aromatic heterocycles. The number of aromatic nitrogens is 5. The number of amides is 1. The smallest absolute Gasteiger partial charge is 0.251 e. The van der Waals surface area contributed by atoms with Gasteiger partial charge in [0.1, 0.15) is 12.7 Å². The Labute approximate surface area is 174 Å². The van der Waals surface area contributed by atoms with Crippen LogP contribution in [-0.4, -0.2) is 48.2 Å². The number of nitrogens with zero attached hydrogens (tertiary/aromatic N) is 6. The first-order valence-electron chi connectivity index (χ1n) is 10.4. The van der Waals surface area contributed by atoms with Gasteiger partial charge in [0.2, 0.25) is 5.91 Å². The van der Waals surface area contributed by atoms with Gasteiger partial charge in [0.05, 0.1) is 0 Å². The van der Waals surface area contributed by atoms with Gasteiger partial charge >= 0.3 is 0 Å². The van der Waals surface area contributed by atoms with Crippen molar-refractivity contribution in [2.45, 2.75) is 38.3 Å². The van der Waals surface area contributed by atoms with Gasteiger partial charge in [-0.3, -0.25) is 19.3 Å². The molecular formula is C22H24N6O2. The van der Waals surface area contributed by atoms with Crippen LogP contribution >= 0.6 is 0 Å². The van der Waals surface area contributed by atoms with Gasteiger partial charge in [0.15, 0.2) is 0 Å². The lowest BCUT2D eigenvalue weighted by Gasteiger charge is -2.43. The van der Waals surface area contributed by atoms with Gasteiger partial charge in [-0.2, -0.15) is 5.10 Å². The third-order valence-corrected chi connectivity index (χ3v) is 6.15. The molecular weight excluding hydrogens is 380 g/mol. The van der Waals surface area contributed by atoms with Gasteiger partial charge in [-0.25, -0.2) is 4.98 Å². The van der Waals surface area contributed by atoms with E-state index < -0.39 is 0 Å². The molecule has 0 radical (unpaired) electrons. The van der Waals surface area contributed by atoms with Crippen LogP contribution in [0.3, 0.4) is 0 Å². The first-order valence-corrected chi connectivity index (χ1v) is 10.4. The first-order chi connectivity index (χ1) is 14.7. The molecule has 1 fully saturated rings. The Kier molecular flexibility index (Phi) is 4.90. The van der Waals surface area contributed by atoms with Crippen molar-refractivity contribution in [2.75, 3.05) is 13.1 Å². The molecule has 30 heavy (non-hydrogen) atoms. The van der Waals surface area contributed by atoms with E-state index in [-0.39, 0.29) is 17.4 Å². The summed E-state index contributed by atoms with van der Waals surface area (Å²) in [6.45, 7) is 2.78. The normalized spacial score (nSPS) is 20.1. The zero-order chi connectivity index (χ0) is 20.5. The van der Waals surface area contributed by atoms with E-state index >= 15 is 0 Å². The summed E-state index contributed by atoms with van der Waals surface area (Å²) in [5, 5.41) is 4.08. The summed E-state index contributed by atoms with van der Waals surface area (Å²) < 4.78 is 3.66. The number of pyridine rings is 2. The highest BCUT2D eigenvalue weighted by Gasteiger charge is 2.36. The van der Waals surface area contributed by atoms with Crippen LogP contribution in [0.2, 0.25) is 0 Å². The largest absolute Gasteiger partial charge is 0.342 e. The molecule has 2 bridgehead atoms. The minimum absolute atomic E-state index is 0.0358. The maximum absolute atomic E-state index is 12.8. The van der Waals surface area contributed by atoms with Gasteiger partial charge in [-0.1, -0.05) is 6.07 Å². The zero-order valence-electron chi connectivity index (χ0n) is 16.7. The second kappa shape index (κ2) is 7.85. The molecule has 2 aliphatic heterocycles. The topological polar surface area (TPSA) is 85.9 Å². The number of carbonyl (C=O) groups excluding carboxylic acids is 1. The lowest BCUT2D eigenvalue weighted by molar-refractivity contribution is -0.134. The molecule has 8 heteroatoms. The third kappa shape index (κ3) is 3.65. The van der Waals surface area contributed by atoms with E-state index in [0.717, 1.165) is 36.2 Å². The molecule has 2 atom stereocenters. The fourth-order valence-electron chi connectivity index (χ4n) is 4.76. The summed E-state index contributed by atoms with van der Waals surface area (Å²) in [5.74, 6) is 0.711. The van der Waals surface area contributed by atoms with Crippen LogP contribution in [0.15, 0.2) is 54.1 Å². The Morgan fingerprint density at radius 1 is 1.13 bits per heavy atom. The number of carbonyl (C=O) groups is 1. The van der Waals surface area contributed by atoms with Gasteiger partial charge in [0, 0.05) is 68.2 Å². The number of likely N-dealkylation sites (tertiary alicyclic amines) is 1. The van der Waals surface area contributed by atoms with Crippen LogP contribution < -0.4 is 5.56 Å². The number of hydrogen-bond acceptors (Lipinski definition) is 5. The molecule has 0 spiro atoms. The maximum Gasteiger partial charge on any atom is 0.251 e. The monoisotopic (exact) mass is 404 g/mol. The Bertz CT molecular complexity index is 1090. The van der Waals surface area contributed by atoms with Crippen molar-refractivity contribution in [3.05, 3.63) is 65.4 Å². The number of piperidine rings is 1. The summed E-state index contributed by atoms with van der Waals surface area (Å²) in [6.07, 6.45) is 8.96.